The number of alkyl halides is 1. The number of nitrogens with zero attached hydrogens (tertiary/aromatic N) is 5. The predicted octanol–water partition coefficient (Wildman–Crippen LogP) is 3.21. The first kappa shape index (κ1) is 22.2. The highest BCUT2D eigenvalue weighted by Gasteiger charge is 2.40. The molecule has 1 aliphatic rings. The number of hydrogen-bond donors (Lipinski definition) is 2. The van der Waals surface area contributed by atoms with Gasteiger partial charge in [0.1, 0.15) is 47.0 Å². The van der Waals surface area contributed by atoms with Crippen LogP contribution < -0.4 is 11.1 Å². The number of pyridine rings is 1. The lowest BCUT2D eigenvalue weighted by Gasteiger charge is -2.24. The van der Waals surface area contributed by atoms with Crippen LogP contribution >= 0.6 is 15.9 Å². The molecule has 4 heterocycles. The van der Waals surface area contributed by atoms with Gasteiger partial charge in [-0.3, -0.25) is 9.59 Å². The quantitative estimate of drug-likeness (QED) is 0.395. The molecule has 0 bridgehead atoms. The average molecular weight is 526 g/mol. The maximum Gasteiger partial charge on any atom is 0.248 e. The number of aromatic nitrogens is 4. The van der Waals surface area contributed by atoms with E-state index < -0.39 is 18.1 Å². The van der Waals surface area contributed by atoms with E-state index in [1.54, 1.807) is 23.6 Å². The highest BCUT2D eigenvalue weighted by molar-refractivity contribution is 9.10. The molecule has 3 N–H and O–H groups in total. The van der Waals surface area contributed by atoms with Gasteiger partial charge in [0.25, 0.3) is 0 Å². The van der Waals surface area contributed by atoms with Gasteiger partial charge in [0.2, 0.25) is 11.8 Å². The molecular weight excluding hydrogens is 505 g/mol. The number of amides is 2. The number of fused-ring (bicyclic) bond motifs is 3. The molecule has 0 aliphatic carbocycles. The highest BCUT2D eigenvalue weighted by Crippen LogP contribution is 2.31. The molecule has 1 saturated heterocycles. The van der Waals surface area contributed by atoms with Gasteiger partial charge < -0.3 is 20.5 Å². The summed E-state index contributed by atoms with van der Waals surface area (Å²) in [4.78, 5) is 40.4. The van der Waals surface area contributed by atoms with Crippen LogP contribution in [0, 0.1) is 6.92 Å². The molecule has 5 rings (SSSR count). The van der Waals surface area contributed by atoms with Crippen LogP contribution in [0.2, 0.25) is 0 Å². The van der Waals surface area contributed by atoms with Gasteiger partial charge in [-0.15, -0.1) is 0 Å². The summed E-state index contributed by atoms with van der Waals surface area (Å²) < 4.78 is 16.7. The Morgan fingerprint density at radius 2 is 2.03 bits per heavy atom. The maximum atomic E-state index is 14.4. The van der Waals surface area contributed by atoms with Gasteiger partial charge in [-0.05, 0) is 40.5 Å². The number of benzene rings is 1. The van der Waals surface area contributed by atoms with Gasteiger partial charge in [0.05, 0.1) is 17.4 Å². The van der Waals surface area contributed by atoms with Crippen LogP contribution in [-0.4, -0.2) is 55.0 Å². The number of rotatable bonds is 4. The molecule has 9 nitrogen and oxygen atoms in total. The first-order valence-corrected chi connectivity index (χ1v) is 11.5. The van der Waals surface area contributed by atoms with Gasteiger partial charge in [-0.1, -0.05) is 24.3 Å². The number of nitrogens with two attached hydrogens (primary N) is 1. The minimum absolute atomic E-state index is 0.0765. The molecule has 1 fully saturated rings. The van der Waals surface area contributed by atoms with Crippen LogP contribution in [0.15, 0.2) is 47.3 Å². The Bertz CT molecular complexity index is 1440. The second-order valence-corrected chi connectivity index (χ2v) is 9.06. The van der Waals surface area contributed by atoms with Crippen molar-refractivity contribution in [2.45, 2.75) is 32.1 Å². The molecule has 34 heavy (non-hydrogen) atoms. The SMILES string of the molecule is Cc1ccc(Br)nc1NC(=O)C1CC(F)CN1C(=O)Cn1c2ccccc2c2c(N)ncnc21. The Balaban J connectivity index is 1.45. The smallest absolute Gasteiger partial charge is 0.248 e. The van der Waals surface area contributed by atoms with Crippen LogP contribution in [0.5, 0.6) is 0 Å². The topological polar surface area (TPSA) is 119 Å². The molecule has 174 valence electrons. The molecule has 1 aromatic carbocycles. The number of nitrogen functional groups attached to an aromatic ring is 1. The number of aryl methyl sites for hydroxylation is 1. The van der Waals surface area contributed by atoms with E-state index in [9.17, 15) is 14.0 Å². The molecule has 0 saturated carbocycles. The number of para-hydroxylation sites is 1. The monoisotopic (exact) mass is 525 g/mol. The average Bonchev–Trinajstić information content (AvgIpc) is 3.36. The van der Waals surface area contributed by atoms with Crippen LogP contribution in [0.25, 0.3) is 21.9 Å². The van der Waals surface area contributed by atoms with Crippen molar-refractivity contribution in [2.24, 2.45) is 0 Å². The van der Waals surface area contributed by atoms with Crippen molar-refractivity contribution < 1.29 is 14.0 Å². The minimum Gasteiger partial charge on any atom is -0.383 e. The summed E-state index contributed by atoms with van der Waals surface area (Å²) in [5.41, 5.74) is 8.11. The number of carbonyl (C=O) groups is 2. The number of likely N-dealkylation sites (tertiary alicyclic amines) is 1. The maximum absolute atomic E-state index is 14.4. The van der Waals surface area contributed by atoms with E-state index >= 15 is 0 Å². The molecule has 1 aliphatic heterocycles. The fourth-order valence-electron chi connectivity index (χ4n) is 4.41. The zero-order valence-electron chi connectivity index (χ0n) is 18.2. The molecule has 0 radical (unpaired) electrons. The van der Waals surface area contributed by atoms with Gasteiger partial charge in [-0.25, -0.2) is 19.3 Å². The molecule has 2 amide bonds. The highest BCUT2D eigenvalue weighted by atomic mass is 79.9. The number of anilines is 2. The molecular formula is C23H21BrFN7O2. The Kier molecular flexibility index (Phi) is 5.64. The lowest BCUT2D eigenvalue weighted by atomic mass is 10.2. The predicted molar refractivity (Wildman–Crippen MR) is 130 cm³/mol. The van der Waals surface area contributed by atoms with Crippen LogP contribution in [0.1, 0.15) is 12.0 Å². The molecule has 3 aromatic heterocycles. The van der Waals surface area contributed by atoms with Crippen LogP contribution in [0.4, 0.5) is 16.0 Å². The van der Waals surface area contributed by atoms with Crippen molar-refractivity contribution in [3.8, 4) is 0 Å². The normalized spacial score (nSPS) is 18.0. The van der Waals surface area contributed by atoms with Crippen LogP contribution in [-0.2, 0) is 16.1 Å². The summed E-state index contributed by atoms with van der Waals surface area (Å²) in [6.45, 7) is 1.53. The third-order valence-corrected chi connectivity index (χ3v) is 6.49. The van der Waals surface area contributed by atoms with E-state index in [0.717, 1.165) is 16.5 Å². The zero-order chi connectivity index (χ0) is 24.0. The van der Waals surface area contributed by atoms with Crippen molar-refractivity contribution in [1.29, 1.82) is 0 Å². The number of hydrogen-bond acceptors (Lipinski definition) is 6. The zero-order valence-corrected chi connectivity index (χ0v) is 19.8. The molecule has 2 atom stereocenters. The van der Waals surface area contributed by atoms with Gasteiger partial charge in [0.15, 0.2) is 0 Å². The molecule has 2 unspecified atom stereocenters. The van der Waals surface area contributed by atoms with Crippen molar-refractivity contribution in [3.63, 3.8) is 0 Å². The summed E-state index contributed by atoms with van der Waals surface area (Å²) >= 11 is 3.28. The number of carbonyl (C=O) groups excluding carboxylic acids is 2. The molecule has 4 aromatic rings. The van der Waals surface area contributed by atoms with E-state index in [1.165, 1.54) is 11.2 Å². The third-order valence-electron chi connectivity index (χ3n) is 6.05. The Morgan fingerprint density at radius 3 is 2.85 bits per heavy atom. The van der Waals surface area contributed by atoms with E-state index in [-0.39, 0.29) is 25.4 Å². The van der Waals surface area contributed by atoms with E-state index in [1.807, 2.05) is 24.3 Å². The fourth-order valence-corrected chi connectivity index (χ4v) is 4.72. The van der Waals surface area contributed by atoms with Gasteiger partial charge in [-0.2, -0.15) is 0 Å². The summed E-state index contributed by atoms with van der Waals surface area (Å²) in [7, 11) is 0. The van der Waals surface area contributed by atoms with E-state index in [4.69, 9.17) is 5.73 Å². The first-order chi connectivity index (χ1) is 16.3. The lowest BCUT2D eigenvalue weighted by Crippen LogP contribution is -2.44. The van der Waals surface area contributed by atoms with E-state index in [2.05, 4.69) is 36.2 Å². The minimum atomic E-state index is -1.30. The van der Waals surface area contributed by atoms with Crippen molar-refractivity contribution in [1.82, 2.24) is 24.4 Å². The molecule has 11 heteroatoms. The summed E-state index contributed by atoms with van der Waals surface area (Å²) in [6.07, 6.45) is -0.0334. The molecule has 0 spiro atoms. The van der Waals surface area contributed by atoms with Crippen molar-refractivity contribution in [3.05, 3.63) is 52.9 Å². The van der Waals surface area contributed by atoms with Gasteiger partial charge >= 0.3 is 0 Å². The van der Waals surface area contributed by atoms with Crippen molar-refractivity contribution in [2.75, 3.05) is 17.6 Å². The van der Waals surface area contributed by atoms with Crippen molar-refractivity contribution >= 4 is 61.3 Å². The lowest BCUT2D eigenvalue weighted by molar-refractivity contribution is -0.137. The van der Waals surface area contributed by atoms with E-state index in [0.29, 0.717) is 27.3 Å². The summed E-state index contributed by atoms with van der Waals surface area (Å²) in [5.74, 6) is -0.190. The first-order valence-electron chi connectivity index (χ1n) is 10.7. The Hall–Kier alpha value is -3.60. The summed E-state index contributed by atoms with van der Waals surface area (Å²) in [5, 5.41) is 4.21. The Labute approximate surface area is 202 Å². The fraction of sp³-hybridized carbons (Fsp3) is 0.261. The summed E-state index contributed by atoms with van der Waals surface area (Å²) in [6, 6.07) is 10.1. The van der Waals surface area contributed by atoms with Crippen LogP contribution in [0.3, 0.4) is 0 Å². The number of halogens is 2. The third kappa shape index (κ3) is 3.85. The van der Waals surface area contributed by atoms with Gasteiger partial charge in [0, 0.05) is 11.8 Å². The Morgan fingerprint density at radius 1 is 1.24 bits per heavy atom. The second-order valence-electron chi connectivity index (χ2n) is 8.24. The largest absolute Gasteiger partial charge is 0.383 e. The standard InChI is InChI=1S/C23H21BrFN7O2/c1-12-6-7-17(24)29-21(12)30-23(34)16-8-13(25)9-31(16)18(33)10-32-15-5-3-2-4-14(15)19-20(26)27-11-28-22(19)32/h2-7,11,13,16H,8-10H2,1H3,(H2,26,27,28)(H,29,30,34). The second kappa shape index (κ2) is 8.64. The number of nitrogens with one attached hydrogen (secondary N) is 1.